The molecule has 0 saturated carbocycles. The fraction of sp³-hybridized carbons (Fsp3) is 0.250. The van der Waals surface area contributed by atoms with E-state index in [9.17, 15) is 8.78 Å². The van der Waals surface area contributed by atoms with Crippen molar-refractivity contribution in [3.05, 3.63) is 35.9 Å². The lowest BCUT2D eigenvalue weighted by molar-refractivity contribution is 0.127. The molecule has 0 aliphatic carbocycles. The maximum absolute atomic E-state index is 12.2. The van der Waals surface area contributed by atoms with Gasteiger partial charge in [-0.2, -0.15) is 0 Å². The maximum Gasteiger partial charge on any atom is 0.275 e. The first-order valence-electron chi connectivity index (χ1n) is 3.26. The average molecular weight is 211 g/mol. The summed E-state index contributed by atoms with van der Waals surface area (Å²) in [6.45, 7) is 0. The van der Waals surface area contributed by atoms with Crippen molar-refractivity contribution in [3.8, 4) is 0 Å². The van der Waals surface area contributed by atoms with Crippen LogP contribution in [0, 0.1) is 0 Å². The Morgan fingerprint density at radius 3 is 2.00 bits per heavy atom. The van der Waals surface area contributed by atoms with E-state index in [4.69, 9.17) is 23.2 Å². The van der Waals surface area contributed by atoms with Gasteiger partial charge < -0.3 is 0 Å². The predicted molar refractivity (Wildman–Crippen MR) is 45.8 cm³/mol. The van der Waals surface area contributed by atoms with Gasteiger partial charge in [-0.05, 0) is 5.56 Å². The number of benzene rings is 1. The number of alkyl halides is 4. The Bertz CT molecular complexity index is 246. The highest BCUT2D eigenvalue weighted by atomic mass is 35.5. The largest absolute Gasteiger partial charge is 0.275 e. The van der Waals surface area contributed by atoms with Gasteiger partial charge in [0.25, 0.3) is 6.43 Å². The van der Waals surface area contributed by atoms with Crippen LogP contribution in [0.4, 0.5) is 8.78 Å². The fourth-order valence-corrected chi connectivity index (χ4v) is 1.04. The molecule has 0 atom stereocenters. The second-order valence-electron chi connectivity index (χ2n) is 2.29. The SMILES string of the molecule is FC(F)C(Cl)(Cl)c1ccccc1. The quantitative estimate of drug-likeness (QED) is 0.655. The van der Waals surface area contributed by atoms with E-state index in [2.05, 4.69) is 0 Å². The molecule has 1 rings (SSSR count). The third-order valence-corrected chi connectivity index (χ3v) is 2.20. The Labute approximate surface area is 79.1 Å². The van der Waals surface area contributed by atoms with E-state index in [-0.39, 0.29) is 5.56 Å². The van der Waals surface area contributed by atoms with Gasteiger partial charge in [-0.25, -0.2) is 8.78 Å². The van der Waals surface area contributed by atoms with Crippen LogP contribution in [-0.2, 0) is 4.33 Å². The highest BCUT2D eigenvalue weighted by molar-refractivity contribution is 6.48. The van der Waals surface area contributed by atoms with Crippen LogP contribution >= 0.6 is 23.2 Å². The second-order valence-corrected chi connectivity index (χ2v) is 3.68. The van der Waals surface area contributed by atoms with E-state index in [1.54, 1.807) is 18.2 Å². The van der Waals surface area contributed by atoms with Gasteiger partial charge in [-0.3, -0.25) is 0 Å². The molecule has 0 aliphatic rings. The van der Waals surface area contributed by atoms with Gasteiger partial charge in [0, 0.05) is 0 Å². The van der Waals surface area contributed by atoms with Gasteiger partial charge in [-0.15, -0.1) is 0 Å². The molecule has 0 N–H and O–H groups in total. The van der Waals surface area contributed by atoms with Crippen LogP contribution in [0.1, 0.15) is 5.56 Å². The molecule has 0 nitrogen and oxygen atoms in total. The molecule has 0 spiro atoms. The predicted octanol–water partition coefficient (Wildman–Crippen LogP) is 3.58. The fourth-order valence-electron chi connectivity index (χ4n) is 0.786. The first-order valence-corrected chi connectivity index (χ1v) is 4.02. The lowest BCUT2D eigenvalue weighted by atomic mass is 10.1. The van der Waals surface area contributed by atoms with Crippen molar-refractivity contribution in [2.75, 3.05) is 0 Å². The van der Waals surface area contributed by atoms with Gasteiger partial charge >= 0.3 is 0 Å². The van der Waals surface area contributed by atoms with Crippen molar-refractivity contribution in [3.63, 3.8) is 0 Å². The number of hydrogen-bond acceptors (Lipinski definition) is 0. The van der Waals surface area contributed by atoms with Crippen LogP contribution in [0.5, 0.6) is 0 Å². The third-order valence-electron chi connectivity index (χ3n) is 1.43. The molecule has 0 aliphatic heterocycles. The normalized spacial score (nSPS) is 12.1. The summed E-state index contributed by atoms with van der Waals surface area (Å²) < 4.78 is 22.4. The van der Waals surface area contributed by atoms with Gasteiger partial charge in [0.15, 0.2) is 0 Å². The van der Waals surface area contributed by atoms with E-state index in [0.29, 0.717) is 0 Å². The molecule has 0 saturated heterocycles. The molecule has 1 aromatic rings. The molecule has 0 heterocycles. The summed E-state index contributed by atoms with van der Waals surface area (Å²) in [6, 6.07) is 7.85. The van der Waals surface area contributed by atoms with Gasteiger partial charge in [0.2, 0.25) is 4.33 Å². The monoisotopic (exact) mass is 210 g/mol. The molecule has 4 heteroatoms. The van der Waals surface area contributed by atoms with Crippen LogP contribution < -0.4 is 0 Å². The van der Waals surface area contributed by atoms with Crippen LogP contribution in [0.15, 0.2) is 30.3 Å². The molecule has 1 aromatic carbocycles. The molecular weight excluding hydrogens is 205 g/mol. The molecule has 0 fully saturated rings. The van der Waals surface area contributed by atoms with Crippen LogP contribution in [0.3, 0.4) is 0 Å². The second kappa shape index (κ2) is 3.58. The minimum Gasteiger partial charge on any atom is -0.207 e. The lowest BCUT2D eigenvalue weighted by Gasteiger charge is -2.18. The Hall–Kier alpha value is -0.340. The van der Waals surface area contributed by atoms with Gasteiger partial charge in [0.1, 0.15) is 0 Å². The smallest absolute Gasteiger partial charge is 0.207 e. The van der Waals surface area contributed by atoms with Gasteiger partial charge in [0.05, 0.1) is 0 Å². The molecule has 0 radical (unpaired) electrons. The van der Waals surface area contributed by atoms with Crippen molar-refractivity contribution in [1.29, 1.82) is 0 Å². The van der Waals surface area contributed by atoms with Crippen LogP contribution in [0.25, 0.3) is 0 Å². The molecule has 0 bridgehead atoms. The molecule has 0 amide bonds. The number of rotatable bonds is 2. The summed E-state index contributed by atoms with van der Waals surface area (Å²) in [6.07, 6.45) is -2.79. The lowest BCUT2D eigenvalue weighted by Crippen LogP contribution is -2.20. The van der Waals surface area contributed by atoms with Crippen molar-refractivity contribution >= 4 is 23.2 Å². The average Bonchev–Trinajstić information content (AvgIpc) is 2.06. The Balaban J connectivity index is 2.98. The maximum atomic E-state index is 12.2. The van der Waals surface area contributed by atoms with Crippen molar-refractivity contribution < 1.29 is 8.78 Å². The van der Waals surface area contributed by atoms with Crippen molar-refractivity contribution in [2.24, 2.45) is 0 Å². The summed E-state index contributed by atoms with van der Waals surface area (Å²) in [7, 11) is 0. The van der Waals surface area contributed by atoms with Crippen molar-refractivity contribution in [1.82, 2.24) is 0 Å². The van der Waals surface area contributed by atoms with E-state index in [1.807, 2.05) is 0 Å². The zero-order chi connectivity index (χ0) is 9.19. The Kier molecular flexibility index (Phi) is 2.91. The Morgan fingerprint density at radius 1 is 1.08 bits per heavy atom. The van der Waals surface area contributed by atoms with E-state index in [0.717, 1.165) is 0 Å². The van der Waals surface area contributed by atoms with Gasteiger partial charge in [-0.1, -0.05) is 53.5 Å². The topological polar surface area (TPSA) is 0 Å². The standard InChI is InChI=1S/C8H6Cl2F2/c9-8(10,7(11)12)6-4-2-1-3-5-6/h1-5,7H. The summed E-state index contributed by atoms with van der Waals surface area (Å²) in [5, 5.41) is 0. The van der Waals surface area contributed by atoms with Crippen LogP contribution in [-0.4, -0.2) is 6.43 Å². The molecular formula is C8H6Cl2F2. The molecule has 0 unspecified atom stereocenters. The zero-order valence-electron chi connectivity index (χ0n) is 5.98. The highest BCUT2D eigenvalue weighted by Crippen LogP contribution is 2.39. The summed E-state index contributed by atoms with van der Waals surface area (Å²) in [5.74, 6) is 0. The number of hydrogen-bond donors (Lipinski definition) is 0. The van der Waals surface area contributed by atoms with E-state index < -0.39 is 10.8 Å². The van der Waals surface area contributed by atoms with Crippen LogP contribution in [0.2, 0.25) is 0 Å². The minimum atomic E-state index is -2.79. The van der Waals surface area contributed by atoms with E-state index in [1.165, 1.54) is 12.1 Å². The minimum absolute atomic E-state index is 0.211. The first-order chi connectivity index (χ1) is 5.55. The van der Waals surface area contributed by atoms with E-state index >= 15 is 0 Å². The van der Waals surface area contributed by atoms with Crippen molar-refractivity contribution in [2.45, 2.75) is 10.8 Å². The first kappa shape index (κ1) is 9.75. The Morgan fingerprint density at radius 2 is 1.58 bits per heavy atom. The summed E-state index contributed by atoms with van der Waals surface area (Å²) in [5.41, 5.74) is 0.211. The summed E-state index contributed by atoms with van der Waals surface area (Å²) >= 11 is 10.8. The summed E-state index contributed by atoms with van der Waals surface area (Å²) in [4.78, 5) is 0. The zero-order valence-corrected chi connectivity index (χ0v) is 7.49. The third kappa shape index (κ3) is 1.87. The molecule has 12 heavy (non-hydrogen) atoms. The number of halogens is 4. The molecule has 0 aromatic heterocycles. The highest BCUT2D eigenvalue weighted by Gasteiger charge is 2.37. The molecule has 66 valence electrons.